The molecule has 0 bridgehead atoms. The maximum absolute atomic E-state index is 13.1. The van der Waals surface area contributed by atoms with Gasteiger partial charge in [-0.3, -0.25) is 0 Å². The van der Waals surface area contributed by atoms with E-state index in [9.17, 15) is 4.79 Å². The van der Waals surface area contributed by atoms with Crippen LogP contribution in [0.4, 0.5) is 10.7 Å². The molecule has 2 heterocycles. The third-order valence-electron chi connectivity index (χ3n) is 5.51. The van der Waals surface area contributed by atoms with Gasteiger partial charge < -0.3 is 15.2 Å². The van der Waals surface area contributed by atoms with Gasteiger partial charge in [0, 0.05) is 48.0 Å². The first-order valence-corrected chi connectivity index (χ1v) is 10.6. The van der Waals surface area contributed by atoms with Crippen LogP contribution in [0.15, 0.2) is 55.1 Å². The van der Waals surface area contributed by atoms with Crippen LogP contribution in [0.25, 0.3) is 11.1 Å². The second-order valence-corrected chi connectivity index (χ2v) is 7.71. The smallest absolute Gasteiger partial charge is 0.417 e. The van der Waals surface area contributed by atoms with Crippen LogP contribution in [0.5, 0.6) is 6.01 Å². The van der Waals surface area contributed by atoms with E-state index in [1.807, 2.05) is 30.3 Å². The topological polar surface area (TPSA) is 116 Å². The van der Waals surface area contributed by atoms with Crippen LogP contribution in [0.3, 0.4) is 0 Å². The zero-order valence-electron chi connectivity index (χ0n) is 17.9. The first-order valence-electron chi connectivity index (χ1n) is 10.6. The third-order valence-corrected chi connectivity index (χ3v) is 5.51. The predicted molar refractivity (Wildman–Crippen MR) is 119 cm³/mol. The number of nitrogens with zero attached hydrogens (tertiary/aromatic N) is 5. The van der Waals surface area contributed by atoms with Crippen molar-refractivity contribution in [2.75, 3.05) is 12.0 Å². The summed E-state index contributed by atoms with van der Waals surface area (Å²) in [5.41, 5.74) is 8.47. The fourth-order valence-corrected chi connectivity index (χ4v) is 3.71. The van der Waals surface area contributed by atoms with Gasteiger partial charge in [-0.25, -0.2) is 29.6 Å². The Hall–Kier alpha value is -3.59. The van der Waals surface area contributed by atoms with Crippen molar-refractivity contribution in [2.24, 2.45) is 5.73 Å². The molecule has 0 unspecified atom stereocenters. The van der Waals surface area contributed by atoms with E-state index in [4.69, 9.17) is 15.2 Å². The monoisotopic (exact) mass is 434 g/mol. The second-order valence-electron chi connectivity index (χ2n) is 7.71. The van der Waals surface area contributed by atoms with Gasteiger partial charge in [0.1, 0.15) is 6.61 Å². The number of carbonyl (C=O) groups is 1. The van der Waals surface area contributed by atoms with Crippen molar-refractivity contribution in [1.82, 2.24) is 19.9 Å². The Morgan fingerprint density at radius 1 is 0.969 bits per heavy atom. The Bertz CT molecular complexity index is 1010. The highest BCUT2D eigenvalue weighted by molar-refractivity contribution is 5.86. The highest BCUT2D eigenvalue weighted by Crippen LogP contribution is 2.27. The second kappa shape index (κ2) is 10.1. The van der Waals surface area contributed by atoms with Crippen molar-refractivity contribution < 1.29 is 14.3 Å². The number of benzene rings is 1. The van der Waals surface area contributed by atoms with Crippen molar-refractivity contribution >= 4 is 12.0 Å². The molecule has 1 aromatic carbocycles. The zero-order chi connectivity index (χ0) is 22.3. The number of nitrogens with two attached hydrogens (primary N) is 1. The summed E-state index contributed by atoms with van der Waals surface area (Å²) in [7, 11) is 1.51. The van der Waals surface area contributed by atoms with Crippen LogP contribution in [0.2, 0.25) is 0 Å². The van der Waals surface area contributed by atoms with E-state index in [1.54, 1.807) is 29.7 Å². The molecule has 4 rings (SSSR count). The quantitative estimate of drug-likeness (QED) is 0.628. The Kier molecular flexibility index (Phi) is 6.86. The summed E-state index contributed by atoms with van der Waals surface area (Å²) in [5.74, 6) is 0.307. The van der Waals surface area contributed by atoms with E-state index >= 15 is 0 Å². The number of rotatable bonds is 6. The average Bonchev–Trinajstić information content (AvgIpc) is 2.85. The van der Waals surface area contributed by atoms with Crippen molar-refractivity contribution in [1.29, 1.82) is 0 Å². The van der Waals surface area contributed by atoms with E-state index in [0.717, 1.165) is 42.4 Å². The normalized spacial score (nSPS) is 18.1. The SMILES string of the molecule is COc1ncc(-c2cnc(N(C(=O)OCc3ccccc3)C3CCC(N)CC3)nc2)cn1. The lowest BCUT2D eigenvalue weighted by Gasteiger charge is -2.33. The number of amides is 1. The number of anilines is 1. The molecule has 1 aliphatic rings. The highest BCUT2D eigenvalue weighted by Gasteiger charge is 2.32. The molecule has 2 aromatic heterocycles. The van der Waals surface area contributed by atoms with E-state index in [2.05, 4.69) is 19.9 Å². The Labute approximate surface area is 186 Å². The molecule has 1 aliphatic carbocycles. The fourth-order valence-electron chi connectivity index (χ4n) is 3.71. The lowest BCUT2D eigenvalue weighted by Crippen LogP contribution is -2.45. The first kappa shape index (κ1) is 21.6. The molecule has 0 atom stereocenters. The largest absolute Gasteiger partial charge is 0.467 e. The van der Waals surface area contributed by atoms with Crippen LogP contribution >= 0.6 is 0 Å². The molecule has 1 amide bonds. The molecule has 0 radical (unpaired) electrons. The number of aromatic nitrogens is 4. The predicted octanol–water partition coefficient (Wildman–Crippen LogP) is 3.36. The molecule has 0 spiro atoms. The molecular formula is C23H26N6O3. The molecule has 166 valence electrons. The van der Waals surface area contributed by atoms with Crippen molar-refractivity contribution in [3.63, 3.8) is 0 Å². The molecule has 0 aliphatic heterocycles. The maximum Gasteiger partial charge on any atom is 0.417 e. The Morgan fingerprint density at radius 3 is 2.16 bits per heavy atom. The van der Waals surface area contributed by atoms with E-state index in [1.165, 1.54) is 7.11 Å². The van der Waals surface area contributed by atoms with Crippen LogP contribution in [-0.2, 0) is 11.3 Å². The van der Waals surface area contributed by atoms with Gasteiger partial charge in [-0.15, -0.1) is 0 Å². The van der Waals surface area contributed by atoms with Gasteiger partial charge in [0.25, 0.3) is 0 Å². The van der Waals surface area contributed by atoms with E-state index in [-0.39, 0.29) is 24.7 Å². The van der Waals surface area contributed by atoms with Crippen LogP contribution in [0, 0.1) is 0 Å². The molecule has 2 N–H and O–H groups in total. The third kappa shape index (κ3) is 5.17. The fraction of sp³-hybridized carbons (Fsp3) is 0.348. The average molecular weight is 435 g/mol. The molecule has 9 nitrogen and oxygen atoms in total. The van der Waals surface area contributed by atoms with Gasteiger partial charge in [0.2, 0.25) is 5.95 Å². The van der Waals surface area contributed by atoms with E-state index < -0.39 is 6.09 Å². The zero-order valence-corrected chi connectivity index (χ0v) is 17.9. The summed E-state index contributed by atoms with van der Waals surface area (Å²) in [6.07, 6.45) is 9.35. The minimum Gasteiger partial charge on any atom is -0.467 e. The summed E-state index contributed by atoms with van der Waals surface area (Å²) in [5, 5.41) is 0. The summed E-state index contributed by atoms with van der Waals surface area (Å²) >= 11 is 0. The highest BCUT2D eigenvalue weighted by atomic mass is 16.6. The van der Waals surface area contributed by atoms with Crippen LogP contribution in [-0.4, -0.2) is 45.2 Å². The van der Waals surface area contributed by atoms with Crippen molar-refractivity contribution in [3.05, 3.63) is 60.7 Å². The molecular weight excluding hydrogens is 408 g/mol. The summed E-state index contributed by atoms with van der Waals surface area (Å²) in [4.78, 5) is 31.8. The minimum atomic E-state index is -0.463. The maximum atomic E-state index is 13.1. The minimum absolute atomic E-state index is 0.0618. The van der Waals surface area contributed by atoms with Gasteiger partial charge in [0.05, 0.1) is 7.11 Å². The molecule has 1 saturated carbocycles. The Morgan fingerprint density at radius 2 is 1.56 bits per heavy atom. The standard InChI is InChI=1S/C23H26N6O3/c1-31-22-27-13-18(14-28-22)17-11-25-21(26-12-17)29(20-9-7-19(24)8-10-20)23(30)32-15-16-5-3-2-4-6-16/h2-6,11-14,19-20H,7-10,15,24H2,1H3. The Balaban J connectivity index is 1.53. The number of carbonyl (C=O) groups excluding carboxylic acids is 1. The number of hydrogen-bond donors (Lipinski definition) is 1. The molecule has 3 aromatic rings. The lowest BCUT2D eigenvalue weighted by molar-refractivity contribution is 0.142. The van der Waals surface area contributed by atoms with Gasteiger partial charge >= 0.3 is 12.1 Å². The van der Waals surface area contributed by atoms with Gasteiger partial charge in [-0.2, -0.15) is 0 Å². The van der Waals surface area contributed by atoms with Gasteiger partial charge in [-0.1, -0.05) is 30.3 Å². The molecule has 0 saturated heterocycles. The summed E-state index contributed by atoms with van der Waals surface area (Å²) in [6.45, 7) is 0.184. The molecule has 32 heavy (non-hydrogen) atoms. The number of methoxy groups -OCH3 is 1. The summed E-state index contributed by atoms with van der Waals surface area (Å²) < 4.78 is 10.6. The van der Waals surface area contributed by atoms with Crippen LogP contribution in [0.1, 0.15) is 31.2 Å². The lowest BCUT2D eigenvalue weighted by atomic mass is 9.91. The van der Waals surface area contributed by atoms with Gasteiger partial charge in [0.15, 0.2) is 0 Å². The van der Waals surface area contributed by atoms with E-state index in [0.29, 0.717) is 5.95 Å². The summed E-state index contributed by atoms with van der Waals surface area (Å²) in [6, 6.07) is 9.96. The van der Waals surface area contributed by atoms with Crippen molar-refractivity contribution in [2.45, 2.75) is 44.4 Å². The van der Waals surface area contributed by atoms with Gasteiger partial charge in [-0.05, 0) is 31.2 Å². The molecule has 9 heteroatoms. The number of hydrogen-bond acceptors (Lipinski definition) is 8. The molecule has 1 fully saturated rings. The van der Waals surface area contributed by atoms with Crippen molar-refractivity contribution in [3.8, 4) is 17.1 Å². The first-order chi connectivity index (χ1) is 15.6. The van der Waals surface area contributed by atoms with Crippen LogP contribution < -0.4 is 15.4 Å². The number of ether oxygens (including phenoxy) is 2.